The lowest BCUT2D eigenvalue weighted by atomic mass is 10.2. The third kappa shape index (κ3) is 7.03. The van der Waals surface area contributed by atoms with Gasteiger partial charge >= 0.3 is 0 Å². The summed E-state index contributed by atoms with van der Waals surface area (Å²) in [6, 6.07) is 10.3. The number of benzene rings is 1. The molecule has 0 aliphatic heterocycles. The highest BCUT2D eigenvalue weighted by Crippen LogP contribution is 1.92. The van der Waals surface area contributed by atoms with Gasteiger partial charge in [0.25, 0.3) is 0 Å². The second-order valence-corrected chi connectivity index (χ2v) is 2.41. The van der Waals surface area contributed by atoms with Crippen molar-refractivity contribution in [2.24, 2.45) is 0 Å². The topological polar surface area (TPSA) is 20.2 Å². The first-order chi connectivity index (χ1) is 5.81. The van der Waals surface area contributed by atoms with Crippen molar-refractivity contribution in [3.05, 3.63) is 48.0 Å². The van der Waals surface area contributed by atoms with Gasteiger partial charge in [0, 0.05) is 0 Å². The fourth-order valence-corrected chi connectivity index (χ4v) is 0.640. The fraction of sp³-hybridized carbons (Fsp3) is 0.273. The highest BCUT2D eigenvalue weighted by atomic mass is 16.2. The van der Waals surface area contributed by atoms with Gasteiger partial charge in [-0.3, -0.25) is 0 Å². The SMILES string of the molecule is CC=CCO.Cc1ccccc1. The second-order valence-electron chi connectivity index (χ2n) is 2.41. The van der Waals surface area contributed by atoms with Gasteiger partial charge in [0.2, 0.25) is 0 Å². The van der Waals surface area contributed by atoms with E-state index in [1.165, 1.54) is 5.56 Å². The van der Waals surface area contributed by atoms with E-state index in [4.69, 9.17) is 5.11 Å². The molecule has 0 aliphatic rings. The Labute approximate surface area is 74.4 Å². The molecule has 0 radical (unpaired) electrons. The Morgan fingerprint density at radius 2 is 1.83 bits per heavy atom. The molecule has 1 N–H and O–H groups in total. The van der Waals surface area contributed by atoms with Crippen molar-refractivity contribution in [2.45, 2.75) is 13.8 Å². The maximum absolute atomic E-state index is 7.98. The molecule has 1 aromatic carbocycles. The smallest absolute Gasteiger partial charge is 0.0612 e. The molecule has 0 saturated heterocycles. The zero-order chi connectivity index (χ0) is 9.23. The number of hydrogen-bond donors (Lipinski definition) is 1. The maximum atomic E-state index is 7.98. The molecule has 0 spiro atoms. The van der Waals surface area contributed by atoms with Gasteiger partial charge in [-0.2, -0.15) is 0 Å². The zero-order valence-corrected chi connectivity index (χ0v) is 7.70. The van der Waals surface area contributed by atoms with Crippen molar-refractivity contribution in [3.8, 4) is 0 Å². The third-order valence-electron chi connectivity index (χ3n) is 1.28. The molecule has 0 fully saturated rings. The van der Waals surface area contributed by atoms with Crippen LogP contribution in [0.4, 0.5) is 0 Å². The van der Waals surface area contributed by atoms with Gasteiger partial charge in [0.1, 0.15) is 0 Å². The summed E-state index contributed by atoms with van der Waals surface area (Å²) in [5.41, 5.74) is 1.32. The first-order valence-electron chi connectivity index (χ1n) is 4.05. The summed E-state index contributed by atoms with van der Waals surface area (Å²) >= 11 is 0. The molecule has 1 aromatic rings. The highest BCUT2D eigenvalue weighted by molar-refractivity contribution is 5.11. The van der Waals surface area contributed by atoms with Crippen molar-refractivity contribution in [1.29, 1.82) is 0 Å². The van der Waals surface area contributed by atoms with Gasteiger partial charge in [0.15, 0.2) is 0 Å². The Morgan fingerprint density at radius 3 is 2.00 bits per heavy atom. The van der Waals surface area contributed by atoms with Gasteiger partial charge in [-0.05, 0) is 13.8 Å². The quantitative estimate of drug-likeness (QED) is 0.632. The molecule has 0 aliphatic carbocycles. The lowest BCUT2D eigenvalue weighted by molar-refractivity contribution is 0.342. The van der Waals surface area contributed by atoms with Crippen molar-refractivity contribution in [1.82, 2.24) is 0 Å². The van der Waals surface area contributed by atoms with Crippen molar-refractivity contribution in [2.75, 3.05) is 6.61 Å². The predicted octanol–water partition coefficient (Wildman–Crippen LogP) is 2.55. The van der Waals surface area contributed by atoms with Crippen LogP contribution in [0.2, 0.25) is 0 Å². The van der Waals surface area contributed by atoms with E-state index in [9.17, 15) is 0 Å². The minimum atomic E-state index is 0.163. The van der Waals surface area contributed by atoms with E-state index >= 15 is 0 Å². The molecule has 12 heavy (non-hydrogen) atoms. The molecule has 1 nitrogen and oxygen atoms in total. The van der Waals surface area contributed by atoms with Gasteiger partial charge in [0.05, 0.1) is 6.61 Å². The molecule has 0 unspecified atom stereocenters. The van der Waals surface area contributed by atoms with Crippen LogP contribution < -0.4 is 0 Å². The summed E-state index contributed by atoms with van der Waals surface area (Å²) < 4.78 is 0. The van der Waals surface area contributed by atoms with Crippen LogP contribution in [0.25, 0.3) is 0 Å². The lowest BCUT2D eigenvalue weighted by Crippen LogP contribution is -1.65. The second kappa shape index (κ2) is 8.02. The molecule has 1 heteroatoms. The van der Waals surface area contributed by atoms with Crippen LogP contribution in [-0.2, 0) is 0 Å². The highest BCUT2D eigenvalue weighted by Gasteiger charge is 1.72. The molecule has 0 saturated carbocycles. The molecule has 0 bridgehead atoms. The van der Waals surface area contributed by atoms with Crippen LogP contribution in [0, 0.1) is 6.92 Å². The molecule has 66 valence electrons. The van der Waals surface area contributed by atoms with Crippen LogP contribution in [-0.4, -0.2) is 11.7 Å². The number of aryl methyl sites for hydroxylation is 1. The third-order valence-corrected chi connectivity index (χ3v) is 1.28. The summed E-state index contributed by atoms with van der Waals surface area (Å²) in [6.07, 6.45) is 3.49. The summed E-state index contributed by atoms with van der Waals surface area (Å²) in [5.74, 6) is 0. The summed E-state index contributed by atoms with van der Waals surface area (Å²) in [5, 5.41) is 7.98. The Bertz CT molecular complexity index is 202. The standard InChI is InChI=1S/C7H8.C4H8O/c1-7-5-3-2-4-6-7;1-2-3-4-5/h2-6H,1H3;2-3,5H,4H2,1H3. The normalized spacial score (nSPS) is 9.25. The average molecular weight is 164 g/mol. The number of aliphatic hydroxyl groups excluding tert-OH is 1. The zero-order valence-electron chi connectivity index (χ0n) is 7.70. The molecular weight excluding hydrogens is 148 g/mol. The molecule has 1 rings (SSSR count). The minimum Gasteiger partial charge on any atom is -0.392 e. The maximum Gasteiger partial charge on any atom is 0.0612 e. The van der Waals surface area contributed by atoms with Crippen LogP contribution in [0.1, 0.15) is 12.5 Å². The van der Waals surface area contributed by atoms with Gasteiger partial charge in [-0.25, -0.2) is 0 Å². The number of allylic oxidation sites excluding steroid dienone is 1. The molecule has 0 amide bonds. The molecular formula is C11H16O. The first kappa shape index (κ1) is 10.9. The van der Waals surface area contributed by atoms with Crippen molar-refractivity contribution < 1.29 is 5.11 Å². The molecule has 0 aromatic heterocycles. The van der Waals surface area contributed by atoms with Crippen LogP contribution in [0.15, 0.2) is 42.5 Å². The van der Waals surface area contributed by atoms with E-state index in [1.54, 1.807) is 12.2 Å². The molecule has 0 atom stereocenters. The Kier molecular flexibility index (Phi) is 7.30. The summed E-state index contributed by atoms with van der Waals surface area (Å²) in [4.78, 5) is 0. The predicted molar refractivity (Wildman–Crippen MR) is 53.1 cm³/mol. The monoisotopic (exact) mass is 164 g/mol. The van der Waals surface area contributed by atoms with Crippen LogP contribution in [0.5, 0.6) is 0 Å². The van der Waals surface area contributed by atoms with Gasteiger partial charge in [-0.15, -0.1) is 0 Å². The largest absolute Gasteiger partial charge is 0.392 e. The number of aliphatic hydroxyl groups is 1. The Morgan fingerprint density at radius 1 is 1.25 bits per heavy atom. The summed E-state index contributed by atoms with van der Waals surface area (Å²) in [7, 11) is 0. The lowest BCUT2D eigenvalue weighted by Gasteiger charge is -1.82. The Balaban J connectivity index is 0.000000217. The van der Waals surface area contributed by atoms with E-state index in [2.05, 4.69) is 19.1 Å². The van der Waals surface area contributed by atoms with E-state index in [0.717, 1.165) is 0 Å². The van der Waals surface area contributed by atoms with E-state index < -0.39 is 0 Å². The van der Waals surface area contributed by atoms with Crippen LogP contribution >= 0.6 is 0 Å². The van der Waals surface area contributed by atoms with Crippen LogP contribution in [0.3, 0.4) is 0 Å². The van der Waals surface area contributed by atoms with Crippen molar-refractivity contribution in [3.63, 3.8) is 0 Å². The van der Waals surface area contributed by atoms with E-state index in [0.29, 0.717) is 0 Å². The Hall–Kier alpha value is -1.08. The molecule has 0 heterocycles. The number of hydrogen-bond acceptors (Lipinski definition) is 1. The fourth-order valence-electron chi connectivity index (χ4n) is 0.640. The average Bonchev–Trinajstić information content (AvgIpc) is 2.08. The van der Waals surface area contributed by atoms with Crippen molar-refractivity contribution >= 4 is 0 Å². The minimum absolute atomic E-state index is 0.163. The summed E-state index contributed by atoms with van der Waals surface area (Å²) in [6.45, 7) is 4.12. The number of rotatable bonds is 1. The van der Waals surface area contributed by atoms with Gasteiger partial charge < -0.3 is 5.11 Å². The van der Waals surface area contributed by atoms with E-state index in [-0.39, 0.29) is 6.61 Å². The first-order valence-corrected chi connectivity index (χ1v) is 4.05. The van der Waals surface area contributed by atoms with E-state index in [1.807, 2.05) is 25.1 Å². The van der Waals surface area contributed by atoms with Gasteiger partial charge in [-0.1, -0.05) is 48.0 Å².